The molecule has 1 aliphatic rings. The third-order valence-corrected chi connectivity index (χ3v) is 2.69. The molecule has 1 rings (SSSR count). The van der Waals surface area contributed by atoms with Crippen molar-refractivity contribution in [2.45, 2.75) is 25.8 Å². The normalized spacial score (nSPS) is 20.9. The van der Waals surface area contributed by atoms with Gasteiger partial charge in [-0.15, -0.1) is 0 Å². The van der Waals surface area contributed by atoms with Crippen LogP contribution in [-0.4, -0.2) is 49.6 Å². The molecule has 0 bridgehead atoms. The van der Waals surface area contributed by atoms with Gasteiger partial charge in [0.25, 0.3) is 0 Å². The number of amides is 1. The number of hydrogen-bond acceptors (Lipinski definition) is 4. The molecule has 1 unspecified atom stereocenters. The Bertz CT molecular complexity index is 302. The Morgan fingerprint density at radius 3 is 3.06 bits per heavy atom. The summed E-state index contributed by atoms with van der Waals surface area (Å²) in [6, 6.07) is 0.310. The number of likely N-dealkylation sites (N-methyl/N-ethyl adjacent to an activating group) is 1. The van der Waals surface area contributed by atoms with Gasteiger partial charge in [0.15, 0.2) is 0 Å². The van der Waals surface area contributed by atoms with Gasteiger partial charge in [0.05, 0.1) is 6.61 Å². The molecule has 96 valence electrons. The maximum Gasteiger partial charge on any atom is 0.330 e. The molecule has 17 heavy (non-hydrogen) atoms. The fourth-order valence-corrected chi connectivity index (χ4v) is 1.76. The lowest BCUT2D eigenvalue weighted by atomic mass is 10.1. The highest BCUT2D eigenvalue weighted by Gasteiger charge is 2.21. The minimum Gasteiger partial charge on any atom is -0.463 e. The second-order valence-electron chi connectivity index (χ2n) is 4.07. The summed E-state index contributed by atoms with van der Waals surface area (Å²) in [7, 11) is 1.81. The highest BCUT2D eigenvalue weighted by Crippen LogP contribution is 2.09. The van der Waals surface area contributed by atoms with Gasteiger partial charge in [-0.3, -0.25) is 4.79 Å². The van der Waals surface area contributed by atoms with Gasteiger partial charge in [-0.2, -0.15) is 0 Å². The molecule has 1 N–H and O–H groups in total. The number of carbonyl (C=O) groups is 2. The van der Waals surface area contributed by atoms with Gasteiger partial charge in [-0.05, 0) is 13.3 Å². The first kappa shape index (κ1) is 13.7. The minimum atomic E-state index is -0.315. The summed E-state index contributed by atoms with van der Waals surface area (Å²) in [4.78, 5) is 24.0. The smallest absolute Gasteiger partial charge is 0.330 e. The Morgan fingerprint density at radius 2 is 2.41 bits per heavy atom. The first-order valence-electron chi connectivity index (χ1n) is 5.94. The lowest BCUT2D eigenvalue weighted by Gasteiger charge is -2.29. The molecule has 0 aromatic heterocycles. The predicted molar refractivity (Wildman–Crippen MR) is 64.4 cm³/mol. The fourth-order valence-electron chi connectivity index (χ4n) is 1.76. The van der Waals surface area contributed by atoms with Gasteiger partial charge >= 0.3 is 5.97 Å². The van der Waals surface area contributed by atoms with Crippen LogP contribution in [0.15, 0.2) is 12.2 Å². The number of nitrogens with zero attached hydrogens (tertiary/aromatic N) is 1. The summed E-state index contributed by atoms with van der Waals surface area (Å²) in [6.45, 7) is 3.52. The van der Waals surface area contributed by atoms with Crippen molar-refractivity contribution in [3.63, 3.8) is 0 Å². The Hall–Kier alpha value is -1.36. The fraction of sp³-hybridized carbons (Fsp3) is 0.667. The van der Waals surface area contributed by atoms with Gasteiger partial charge in [0.2, 0.25) is 5.91 Å². The van der Waals surface area contributed by atoms with Crippen LogP contribution >= 0.6 is 0 Å². The summed E-state index contributed by atoms with van der Waals surface area (Å²) in [5.74, 6) is -0.115. The first-order valence-corrected chi connectivity index (χ1v) is 5.94. The van der Waals surface area contributed by atoms with E-state index in [9.17, 15) is 9.59 Å². The van der Waals surface area contributed by atoms with Gasteiger partial charge in [0.1, 0.15) is 0 Å². The first-order chi connectivity index (χ1) is 8.13. The third-order valence-electron chi connectivity index (χ3n) is 2.69. The van der Waals surface area contributed by atoms with E-state index in [1.54, 1.807) is 17.9 Å². The van der Waals surface area contributed by atoms with Crippen molar-refractivity contribution >= 4 is 11.9 Å². The molecule has 1 fully saturated rings. The van der Waals surface area contributed by atoms with E-state index < -0.39 is 0 Å². The lowest BCUT2D eigenvalue weighted by Crippen LogP contribution is -2.46. The van der Waals surface area contributed by atoms with E-state index in [1.165, 1.54) is 6.08 Å². The number of carbonyl (C=O) groups excluding carboxylic acids is 2. The highest BCUT2D eigenvalue weighted by molar-refractivity contribution is 5.81. The van der Waals surface area contributed by atoms with E-state index in [1.807, 2.05) is 7.05 Å². The summed E-state index contributed by atoms with van der Waals surface area (Å²) in [6.07, 6.45) is 4.62. The molecule has 0 radical (unpaired) electrons. The quantitative estimate of drug-likeness (QED) is 0.555. The Labute approximate surface area is 102 Å². The monoisotopic (exact) mass is 240 g/mol. The van der Waals surface area contributed by atoms with Gasteiger partial charge in [-0.1, -0.05) is 6.08 Å². The van der Waals surface area contributed by atoms with Gasteiger partial charge < -0.3 is 15.0 Å². The highest BCUT2D eigenvalue weighted by atomic mass is 16.5. The molecule has 5 nitrogen and oxygen atoms in total. The maximum atomic E-state index is 11.3. The second kappa shape index (κ2) is 7.06. The average molecular weight is 240 g/mol. The molecular weight excluding hydrogens is 220 g/mol. The second-order valence-corrected chi connectivity index (χ2v) is 4.07. The van der Waals surface area contributed by atoms with Crippen LogP contribution in [0, 0.1) is 0 Å². The van der Waals surface area contributed by atoms with Crippen LogP contribution in [0.1, 0.15) is 19.8 Å². The molecule has 1 heterocycles. The zero-order valence-electron chi connectivity index (χ0n) is 10.4. The van der Waals surface area contributed by atoms with E-state index in [0.29, 0.717) is 25.6 Å². The van der Waals surface area contributed by atoms with Crippen molar-refractivity contribution in [1.29, 1.82) is 0 Å². The zero-order valence-corrected chi connectivity index (χ0v) is 10.4. The van der Waals surface area contributed by atoms with Crippen LogP contribution in [0.4, 0.5) is 0 Å². The summed E-state index contributed by atoms with van der Waals surface area (Å²) in [5, 5.41) is 3.28. The van der Waals surface area contributed by atoms with Crippen LogP contribution in [0.2, 0.25) is 0 Å². The molecule has 1 atom stereocenters. The largest absolute Gasteiger partial charge is 0.463 e. The van der Waals surface area contributed by atoms with Crippen LogP contribution in [-0.2, 0) is 14.3 Å². The summed E-state index contributed by atoms with van der Waals surface area (Å²) >= 11 is 0. The molecule has 1 saturated heterocycles. The van der Waals surface area contributed by atoms with Crippen molar-refractivity contribution in [3.8, 4) is 0 Å². The molecule has 0 saturated carbocycles. The van der Waals surface area contributed by atoms with Gasteiger partial charge in [0, 0.05) is 38.7 Å². The minimum absolute atomic E-state index is 0.199. The van der Waals surface area contributed by atoms with Crippen molar-refractivity contribution in [2.24, 2.45) is 0 Å². The average Bonchev–Trinajstić information content (AvgIpc) is 2.29. The van der Waals surface area contributed by atoms with Crippen molar-refractivity contribution in [1.82, 2.24) is 10.2 Å². The van der Waals surface area contributed by atoms with E-state index >= 15 is 0 Å². The van der Waals surface area contributed by atoms with E-state index in [-0.39, 0.29) is 11.9 Å². The molecule has 0 aromatic carbocycles. The van der Waals surface area contributed by atoms with Crippen LogP contribution < -0.4 is 5.32 Å². The van der Waals surface area contributed by atoms with E-state index in [2.05, 4.69) is 5.32 Å². The number of piperidine rings is 1. The molecular formula is C12H20N2O3. The standard InChI is InChI=1S/C12H20N2O3/c1-3-17-12(16)5-4-8-13-10-6-7-11(15)14(2)9-10/h4-5,10,13H,3,6-9H2,1-2H3/b5-4+. The molecule has 0 spiro atoms. The Balaban J connectivity index is 2.19. The predicted octanol–water partition coefficient (Wildman–Crippen LogP) is 0.316. The molecule has 0 aliphatic carbocycles. The molecule has 1 aliphatic heterocycles. The van der Waals surface area contributed by atoms with Gasteiger partial charge in [-0.25, -0.2) is 4.79 Å². The Morgan fingerprint density at radius 1 is 1.65 bits per heavy atom. The number of hydrogen-bond donors (Lipinski definition) is 1. The summed E-state index contributed by atoms with van der Waals surface area (Å²) in [5.41, 5.74) is 0. The third kappa shape index (κ3) is 4.99. The van der Waals surface area contributed by atoms with Crippen molar-refractivity contribution in [3.05, 3.63) is 12.2 Å². The number of nitrogens with one attached hydrogen (secondary N) is 1. The maximum absolute atomic E-state index is 11.3. The van der Waals surface area contributed by atoms with Crippen molar-refractivity contribution < 1.29 is 14.3 Å². The summed E-state index contributed by atoms with van der Waals surface area (Å²) < 4.78 is 4.76. The van der Waals surface area contributed by atoms with E-state index in [0.717, 1.165) is 13.0 Å². The molecule has 5 heteroatoms. The number of rotatable bonds is 5. The van der Waals surface area contributed by atoms with Crippen LogP contribution in [0.5, 0.6) is 0 Å². The zero-order chi connectivity index (χ0) is 12.7. The van der Waals surface area contributed by atoms with Crippen LogP contribution in [0.3, 0.4) is 0 Å². The van der Waals surface area contributed by atoms with Crippen molar-refractivity contribution in [2.75, 3.05) is 26.7 Å². The SMILES string of the molecule is CCOC(=O)/C=C/CNC1CCC(=O)N(C)C1. The molecule has 1 amide bonds. The number of esters is 1. The van der Waals surface area contributed by atoms with E-state index in [4.69, 9.17) is 4.74 Å². The Kier molecular flexibility index (Phi) is 5.69. The topological polar surface area (TPSA) is 58.6 Å². The molecule has 0 aromatic rings. The van der Waals surface area contributed by atoms with Crippen LogP contribution in [0.25, 0.3) is 0 Å². The number of likely N-dealkylation sites (tertiary alicyclic amines) is 1. The lowest BCUT2D eigenvalue weighted by molar-refractivity contribution is -0.137. The number of ether oxygens (including phenoxy) is 1.